The number of fused-ring (bicyclic) bond motifs is 2. The highest BCUT2D eigenvalue weighted by atomic mass is 19.4. The molecule has 2 aromatic carbocycles. The number of carbonyl (C=O) groups is 1. The van der Waals surface area contributed by atoms with Crippen molar-refractivity contribution in [2.45, 2.75) is 44.4 Å². The molecule has 152 valence electrons. The number of carbonyl (C=O) groups excluding carboxylic acids is 1. The molecule has 0 spiro atoms. The molecule has 1 amide bonds. The second-order valence-corrected chi connectivity index (χ2v) is 7.61. The van der Waals surface area contributed by atoms with E-state index in [0.717, 1.165) is 0 Å². The lowest BCUT2D eigenvalue weighted by Gasteiger charge is -2.30. The minimum atomic E-state index is -4.16. The molecule has 1 heterocycles. The SMILES string of the molecule is O=C(Cn1c2ccccc2c(=O)c2ccccc21)NC1CCC(C(F)(F)F)CC1. The molecule has 4 nitrogen and oxygen atoms in total. The Morgan fingerprint density at radius 3 is 1.97 bits per heavy atom. The van der Waals surface area contributed by atoms with Gasteiger partial charge in [-0.1, -0.05) is 24.3 Å². The smallest absolute Gasteiger partial charge is 0.352 e. The van der Waals surface area contributed by atoms with Crippen LogP contribution in [0.2, 0.25) is 0 Å². The average Bonchev–Trinajstić information content (AvgIpc) is 2.71. The monoisotopic (exact) mass is 402 g/mol. The van der Waals surface area contributed by atoms with Gasteiger partial charge in [0.05, 0.1) is 17.0 Å². The van der Waals surface area contributed by atoms with E-state index >= 15 is 0 Å². The number of halogens is 3. The van der Waals surface area contributed by atoms with E-state index in [0.29, 0.717) is 34.6 Å². The predicted octanol–water partition coefficient (Wildman–Crippen LogP) is 4.39. The van der Waals surface area contributed by atoms with Crippen molar-refractivity contribution >= 4 is 27.7 Å². The number of aromatic nitrogens is 1. The summed E-state index contributed by atoms with van der Waals surface area (Å²) in [4.78, 5) is 25.4. The lowest BCUT2D eigenvalue weighted by molar-refractivity contribution is -0.182. The highest BCUT2D eigenvalue weighted by molar-refractivity contribution is 5.94. The zero-order chi connectivity index (χ0) is 20.6. The van der Waals surface area contributed by atoms with E-state index in [9.17, 15) is 22.8 Å². The fraction of sp³-hybridized carbons (Fsp3) is 0.364. The van der Waals surface area contributed by atoms with Gasteiger partial charge in [0.2, 0.25) is 5.91 Å². The first kappa shape index (κ1) is 19.5. The molecule has 1 saturated carbocycles. The number of alkyl halides is 3. The number of hydrogen-bond acceptors (Lipinski definition) is 2. The zero-order valence-electron chi connectivity index (χ0n) is 15.7. The molecule has 1 N–H and O–H groups in total. The Balaban J connectivity index is 1.57. The maximum atomic E-state index is 12.8. The Labute approximate surface area is 165 Å². The van der Waals surface area contributed by atoms with Crippen LogP contribution in [0.4, 0.5) is 13.2 Å². The summed E-state index contributed by atoms with van der Waals surface area (Å²) in [7, 11) is 0. The average molecular weight is 402 g/mol. The minimum Gasteiger partial charge on any atom is -0.352 e. The summed E-state index contributed by atoms with van der Waals surface area (Å²) >= 11 is 0. The first-order chi connectivity index (χ1) is 13.8. The van der Waals surface area contributed by atoms with Crippen molar-refractivity contribution in [3.63, 3.8) is 0 Å². The predicted molar refractivity (Wildman–Crippen MR) is 106 cm³/mol. The van der Waals surface area contributed by atoms with Crippen LogP contribution in [0.5, 0.6) is 0 Å². The van der Waals surface area contributed by atoms with Crippen LogP contribution in [-0.2, 0) is 11.3 Å². The van der Waals surface area contributed by atoms with Gasteiger partial charge in [-0.2, -0.15) is 13.2 Å². The Kier molecular flexibility index (Phi) is 5.06. The van der Waals surface area contributed by atoms with Crippen molar-refractivity contribution in [3.05, 3.63) is 58.8 Å². The molecule has 0 unspecified atom stereocenters. The van der Waals surface area contributed by atoms with Crippen molar-refractivity contribution in [1.29, 1.82) is 0 Å². The Morgan fingerprint density at radius 2 is 1.45 bits per heavy atom. The van der Waals surface area contributed by atoms with Gasteiger partial charge in [-0.25, -0.2) is 0 Å². The highest BCUT2D eigenvalue weighted by Gasteiger charge is 2.41. The zero-order valence-corrected chi connectivity index (χ0v) is 15.7. The molecule has 1 aromatic heterocycles. The maximum absolute atomic E-state index is 12.8. The van der Waals surface area contributed by atoms with Crippen molar-refractivity contribution in [3.8, 4) is 0 Å². The number of benzene rings is 2. The summed E-state index contributed by atoms with van der Waals surface area (Å²) in [6, 6.07) is 14.0. The summed E-state index contributed by atoms with van der Waals surface area (Å²) in [6.45, 7) is 0.000502. The van der Waals surface area contributed by atoms with Crippen molar-refractivity contribution in [1.82, 2.24) is 9.88 Å². The molecule has 1 aliphatic rings. The number of nitrogens with one attached hydrogen (secondary N) is 1. The molecule has 3 aromatic rings. The van der Waals surface area contributed by atoms with Crippen LogP contribution in [0.1, 0.15) is 25.7 Å². The van der Waals surface area contributed by atoms with Gasteiger partial charge in [0.1, 0.15) is 6.54 Å². The van der Waals surface area contributed by atoms with E-state index in [2.05, 4.69) is 5.32 Å². The second kappa shape index (κ2) is 7.54. The summed E-state index contributed by atoms with van der Waals surface area (Å²) in [5.74, 6) is -1.54. The fourth-order valence-corrected chi connectivity index (χ4v) is 4.23. The van der Waals surface area contributed by atoms with E-state index in [1.165, 1.54) is 0 Å². The van der Waals surface area contributed by atoms with Gasteiger partial charge in [-0.3, -0.25) is 9.59 Å². The van der Waals surface area contributed by atoms with Crippen LogP contribution in [0, 0.1) is 5.92 Å². The second-order valence-electron chi connectivity index (χ2n) is 7.61. The number of pyridine rings is 1. The molecule has 0 atom stereocenters. The van der Waals surface area contributed by atoms with Gasteiger partial charge in [-0.15, -0.1) is 0 Å². The fourth-order valence-electron chi connectivity index (χ4n) is 4.23. The molecule has 7 heteroatoms. The van der Waals surface area contributed by atoms with E-state index in [1.54, 1.807) is 41.0 Å². The van der Waals surface area contributed by atoms with Crippen molar-refractivity contribution in [2.75, 3.05) is 0 Å². The highest BCUT2D eigenvalue weighted by Crippen LogP contribution is 2.37. The van der Waals surface area contributed by atoms with E-state index in [4.69, 9.17) is 0 Å². The van der Waals surface area contributed by atoms with E-state index in [1.807, 2.05) is 12.1 Å². The van der Waals surface area contributed by atoms with E-state index in [-0.39, 0.29) is 36.8 Å². The molecule has 29 heavy (non-hydrogen) atoms. The summed E-state index contributed by atoms with van der Waals surface area (Å²) in [5, 5.41) is 3.94. The standard InChI is InChI=1S/C22H21F3N2O2/c23-22(24,25)14-9-11-15(12-10-14)26-20(28)13-27-18-7-3-1-5-16(18)21(29)17-6-2-4-8-19(17)27/h1-8,14-15H,9-13H2,(H,26,28). The van der Waals surface area contributed by atoms with Crippen LogP contribution in [-0.4, -0.2) is 22.7 Å². The van der Waals surface area contributed by atoms with E-state index < -0.39 is 12.1 Å². The van der Waals surface area contributed by atoms with Crippen molar-refractivity contribution < 1.29 is 18.0 Å². The maximum Gasteiger partial charge on any atom is 0.391 e. The largest absolute Gasteiger partial charge is 0.391 e. The van der Waals surface area contributed by atoms with Gasteiger partial charge in [0.25, 0.3) is 0 Å². The number of para-hydroxylation sites is 2. The number of rotatable bonds is 3. The third kappa shape index (κ3) is 3.86. The van der Waals surface area contributed by atoms with Crippen LogP contribution >= 0.6 is 0 Å². The molecule has 0 aliphatic heterocycles. The molecule has 1 fully saturated rings. The van der Waals surface area contributed by atoms with Crippen LogP contribution in [0.15, 0.2) is 53.3 Å². The van der Waals surface area contributed by atoms with Gasteiger partial charge in [0, 0.05) is 16.8 Å². The molecule has 4 rings (SSSR count). The van der Waals surface area contributed by atoms with Gasteiger partial charge in [-0.05, 0) is 49.9 Å². The van der Waals surface area contributed by atoms with Gasteiger partial charge < -0.3 is 9.88 Å². The third-order valence-electron chi connectivity index (χ3n) is 5.74. The summed E-state index contributed by atoms with van der Waals surface area (Å²) in [6.07, 6.45) is -3.44. The summed E-state index contributed by atoms with van der Waals surface area (Å²) < 4.78 is 40.3. The quantitative estimate of drug-likeness (QED) is 0.661. The Bertz CT molecular complexity index is 1050. The first-order valence-corrected chi connectivity index (χ1v) is 9.71. The molecular formula is C22H21F3N2O2. The van der Waals surface area contributed by atoms with Crippen LogP contribution in [0.25, 0.3) is 21.8 Å². The third-order valence-corrected chi connectivity index (χ3v) is 5.74. The lowest BCUT2D eigenvalue weighted by atomic mass is 9.85. The number of amides is 1. The molecule has 1 aliphatic carbocycles. The topological polar surface area (TPSA) is 51.1 Å². The Morgan fingerprint density at radius 1 is 0.931 bits per heavy atom. The lowest BCUT2D eigenvalue weighted by Crippen LogP contribution is -2.41. The molecular weight excluding hydrogens is 381 g/mol. The number of nitrogens with zero attached hydrogens (tertiary/aromatic N) is 1. The molecule has 0 radical (unpaired) electrons. The van der Waals surface area contributed by atoms with Crippen LogP contribution in [0.3, 0.4) is 0 Å². The minimum absolute atomic E-state index is 0.000502. The van der Waals surface area contributed by atoms with Gasteiger partial charge >= 0.3 is 6.18 Å². The summed E-state index contributed by atoms with van der Waals surface area (Å²) in [5.41, 5.74) is 1.23. The van der Waals surface area contributed by atoms with Crippen molar-refractivity contribution in [2.24, 2.45) is 5.92 Å². The first-order valence-electron chi connectivity index (χ1n) is 9.71. The normalized spacial score (nSPS) is 20.1. The molecule has 0 saturated heterocycles. The van der Waals surface area contributed by atoms with Crippen LogP contribution < -0.4 is 10.7 Å². The number of hydrogen-bond donors (Lipinski definition) is 1. The Hall–Kier alpha value is -2.83. The molecule has 0 bridgehead atoms. The van der Waals surface area contributed by atoms with Gasteiger partial charge in [0.15, 0.2) is 5.43 Å².